The summed E-state index contributed by atoms with van der Waals surface area (Å²) >= 11 is 0. The van der Waals surface area contributed by atoms with Gasteiger partial charge in [0.15, 0.2) is 5.58 Å². The predicted octanol–water partition coefficient (Wildman–Crippen LogP) is 14.7. The van der Waals surface area contributed by atoms with Crippen molar-refractivity contribution < 1.29 is 4.42 Å². The molecule has 0 fully saturated rings. The summed E-state index contributed by atoms with van der Waals surface area (Å²) in [7, 11) is 0. The van der Waals surface area contributed by atoms with Crippen LogP contribution >= 0.6 is 0 Å². The molecule has 0 saturated carbocycles. The van der Waals surface area contributed by atoms with E-state index in [0.717, 1.165) is 111 Å². The maximum Gasteiger partial charge on any atom is 0.160 e. The Balaban J connectivity index is 1.22. The molecule has 4 heterocycles. The second-order valence-corrected chi connectivity index (χ2v) is 15.7. The van der Waals surface area contributed by atoms with Gasteiger partial charge in [-0.05, 0) is 60.2 Å². The Morgan fingerprint density at radius 1 is 0.377 bits per heavy atom. The van der Waals surface area contributed by atoms with Crippen LogP contribution in [0.4, 0.5) is 0 Å². The number of nitrogens with zero attached hydrogens (tertiary/aromatic N) is 4. The van der Waals surface area contributed by atoms with Crippen LogP contribution in [-0.2, 0) is 0 Å². The van der Waals surface area contributed by atoms with Gasteiger partial charge in [0.1, 0.15) is 5.58 Å². The van der Waals surface area contributed by atoms with Crippen molar-refractivity contribution in [3.63, 3.8) is 0 Å². The third-order valence-corrected chi connectivity index (χ3v) is 12.3. The maximum atomic E-state index is 7.02. The summed E-state index contributed by atoms with van der Waals surface area (Å²) in [5, 5.41) is 6.86. The molecule has 13 aromatic rings. The Labute approximate surface area is 350 Å². The molecule has 9 aromatic carbocycles. The highest BCUT2D eigenvalue weighted by Gasteiger charge is 2.28. The number of aromatic nitrogens is 4. The fraction of sp³-hybridized carbons (Fsp3) is 0. The summed E-state index contributed by atoms with van der Waals surface area (Å²) in [6.07, 6.45) is 0. The van der Waals surface area contributed by atoms with Gasteiger partial charge in [0.2, 0.25) is 0 Å². The van der Waals surface area contributed by atoms with E-state index in [9.17, 15) is 0 Å². The molecule has 0 N–H and O–H groups in total. The van der Waals surface area contributed by atoms with E-state index in [1.165, 1.54) is 10.8 Å². The largest absolute Gasteiger partial charge is 0.454 e. The normalized spacial score (nSPS) is 11.9. The lowest BCUT2D eigenvalue weighted by molar-refractivity contribution is 0.671. The minimum Gasteiger partial charge on any atom is -0.454 e. The minimum atomic E-state index is 0.843. The van der Waals surface area contributed by atoms with Gasteiger partial charge in [-0.15, -0.1) is 0 Å². The molecule has 0 atom stereocenters. The molecule has 0 aliphatic heterocycles. The Morgan fingerprint density at radius 2 is 0.918 bits per heavy atom. The fourth-order valence-electron chi connectivity index (χ4n) is 9.71. The van der Waals surface area contributed by atoms with Crippen molar-refractivity contribution in [2.45, 2.75) is 0 Å². The molecule has 284 valence electrons. The zero-order valence-electron chi connectivity index (χ0n) is 32.8. The Kier molecular flexibility index (Phi) is 7.24. The SMILES string of the molecule is c1ccc(-c2cc(-c3nc4ccccc4nc3-c3ccccc3)ccc2-n2c3ccccc3c3c4c5ccccc5oc4c4c(c5ccccc5n4-c4ccccc4)c32)cc1. The molecule has 61 heavy (non-hydrogen) atoms. The van der Waals surface area contributed by atoms with Crippen LogP contribution in [0.15, 0.2) is 211 Å². The van der Waals surface area contributed by atoms with E-state index in [4.69, 9.17) is 14.4 Å². The molecule has 13 rings (SSSR count). The first-order valence-electron chi connectivity index (χ1n) is 20.7. The van der Waals surface area contributed by atoms with Crippen molar-refractivity contribution >= 4 is 76.6 Å². The van der Waals surface area contributed by atoms with Crippen LogP contribution in [0.5, 0.6) is 0 Å². The molecule has 0 amide bonds. The summed E-state index contributed by atoms with van der Waals surface area (Å²) in [6.45, 7) is 0. The highest BCUT2D eigenvalue weighted by Crippen LogP contribution is 2.50. The van der Waals surface area contributed by atoms with E-state index in [1.807, 2.05) is 30.3 Å². The molecular weight excluding hydrogens is 745 g/mol. The first-order valence-corrected chi connectivity index (χ1v) is 20.7. The Hall–Kier alpha value is -8.28. The molecule has 0 unspecified atom stereocenters. The van der Waals surface area contributed by atoms with Gasteiger partial charge in [0.25, 0.3) is 0 Å². The number of fused-ring (bicyclic) bond motifs is 13. The van der Waals surface area contributed by atoms with Crippen molar-refractivity contribution in [3.8, 4) is 45.0 Å². The minimum absolute atomic E-state index is 0.843. The van der Waals surface area contributed by atoms with Gasteiger partial charge in [0, 0.05) is 54.7 Å². The van der Waals surface area contributed by atoms with Gasteiger partial charge in [-0.25, -0.2) is 9.97 Å². The van der Waals surface area contributed by atoms with Crippen LogP contribution in [0, 0.1) is 0 Å². The smallest absolute Gasteiger partial charge is 0.160 e. The highest BCUT2D eigenvalue weighted by molar-refractivity contribution is 6.39. The zero-order chi connectivity index (χ0) is 40.0. The number of benzene rings is 9. The summed E-state index contributed by atoms with van der Waals surface area (Å²) in [6, 6.07) is 72.8. The first-order chi connectivity index (χ1) is 30.3. The molecule has 0 spiro atoms. The molecule has 0 aliphatic rings. The molecule has 0 bridgehead atoms. The molecule has 4 aromatic heterocycles. The first kappa shape index (κ1) is 33.7. The topological polar surface area (TPSA) is 48.8 Å². The second-order valence-electron chi connectivity index (χ2n) is 15.7. The van der Waals surface area contributed by atoms with E-state index in [0.29, 0.717) is 0 Å². The lowest BCUT2D eigenvalue weighted by Gasteiger charge is -2.18. The lowest BCUT2D eigenvalue weighted by Crippen LogP contribution is -2.00. The molecule has 0 aliphatic carbocycles. The molecular formula is C56H34N4O. The highest BCUT2D eigenvalue weighted by atomic mass is 16.3. The maximum absolute atomic E-state index is 7.02. The number of rotatable bonds is 5. The van der Waals surface area contributed by atoms with Gasteiger partial charge in [-0.2, -0.15) is 0 Å². The third kappa shape index (κ3) is 4.95. The van der Waals surface area contributed by atoms with Crippen LogP contribution < -0.4 is 0 Å². The Morgan fingerprint density at radius 3 is 1.62 bits per heavy atom. The number of hydrogen-bond donors (Lipinski definition) is 0. The number of hydrogen-bond acceptors (Lipinski definition) is 3. The van der Waals surface area contributed by atoms with E-state index >= 15 is 0 Å². The van der Waals surface area contributed by atoms with Gasteiger partial charge < -0.3 is 13.6 Å². The van der Waals surface area contributed by atoms with Crippen molar-refractivity contribution in [2.24, 2.45) is 0 Å². The third-order valence-electron chi connectivity index (χ3n) is 12.3. The monoisotopic (exact) mass is 778 g/mol. The lowest BCUT2D eigenvalue weighted by atomic mass is 9.96. The van der Waals surface area contributed by atoms with Crippen molar-refractivity contribution in [3.05, 3.63) is 206 Å². The number of para-hydroxylation sites is 6. The zero-order valence-corrected chi connectivity index (χ0v) is 32.8. The predicted molar refractivity (Wildman–Crippen MR) is 252 cm³/mol. The molecule has 5 nitrogen and oxygen atoms in total. The summed E-state index contributed by atoms with van der Waals surface area (Å²) < 4.78 is 11.9. The van der Waals surface area contributed by atoms with Crippen LogP contribution in [0.1, 0.15) is 0 Å². The average Bonchev–Trinajstić information content (AvgIpc) is 4.00. The standard InChI is InChI=1S/C56H34N4O/c1-4-18-35(19-5-1)42-34-37(53-52(36-20-6-2-7-21-36)57-43-27-13-14-28-44(43)58-53)32-33-47(42)60-46-30-16-10-24-39(46)49-50-41-26-12-17-31-48(41)61-56(50)55-51(54(49)60)40-25-11-15-29-45(40)59(55)38-22-8-3-9-23-38/h1-34H. The van der Waals surface area contributed by atoms with Crippen LogP contribution in [0.3, 0.4) is 0 Å². The average molecular weight is 779 g/mol. The van der Waals surface area contributed by atoms with Gasteiger partial charge in [-0.1, -0.05) is 152 Å². The summed E-state index contributed by atoms with van der Waals surface area (Å²) in [5.74, 6) is 0. The molecule has 0 saturated heterocycles. The Bertz CT molecular complexity index is 3860. The van der Waals surface area contributed by atoms with Gasteiger partial charge in [0.05, 0.1) is 50.2 Å². The molecule has 5 heteroatoms. The number of furan rings is 1. The van der Waals surface area contributed by atoms with Crippen LogP contribution in [-0.4, -0.2) is 19.1 Å². The van der Waals surface area contributed by atoms with Gasteiger partial charge >= 0.3 is 0 Å². The van der Waals surface area contributed by atoms with Crippen LogP contribution in [0.25, 0.3) is 122 Å². The van der Waals surface area contributed by atoms with E-state index in [2.05, 4.69) is 185 Å². The van der Waals surface area contributed by atoms with E-state index in [1.54, 1.807) is 0 Å². The van der Waals surface area contributed by atoms with E-state index < -0.39 is 0 Å². The van der Waals surface area contributed by atoms with E-state index in [-0.39, 0.29) is 0 Å². The van der Waals surface area contributed by atoms with Crippen molar-refractivity contribution in [2.75, 3.05) is 0 Å². The van der Waals surface area contributed by atoms with Crippen molar-refractivity contribution in [1.29, 1.82) is 0 Å². The quantitative estimate of drug-likeness (QED) is 0.175. The molecule has 0 radical (unpaired) electrons. The fourth-order valence-corrected chi connectivity index (χ4v) is 9.71. The summed E-state index contributed by atoms with van der Waals surface area (Å²) in [5.41, 5.74) is 16.0. The van der Waals surface area contributed by atoms with Gasteiger partial charge in [-0.3, -0.25) is 0 Å². The van der Waals surface area contributed by atoms with Crippen LogP contribution in [0.2, 0.25) is 0 Å². The summed E-state index contributed by atoms with van der Waals surface area (Å²) in [4.78, 5) is 10.6. The van der Waals surface area contributed by atoms with Crippen molar-refractivity contribution in [1.82, 2.24) is 19.1 Å². The second kappa shape index (κ2) is 13.1.